The molecule has 0 radical (unpaired) electrons. The van der Waals surface area contributed by atoms with Crippen molar-refractivity contribution in [1.82, 2.24) is 9.78 Å². The van der Waals surface area contributed by atoms with Gasteiger partial charge in [0.25, 0.3) is 0 Å². The summed E-state index contributed by atoms with van der Waals surface area (Å²) in [6.45, 7) is 3.05. The van der Waals surface area contributed by atoms with Gasteiger partial charge in [0, 0.05) is 18.3 Å². The zero-order valence-electron chi connectivity index (χ0n) is 10.3. The van der Waals surface area contributed by atoms with Gasteiger partial charge in [-0.25, -0.2) is 0 Å². The minimum absolute atomic E-state index is 0.0259. The maximum absolute atomic E-state index is 6.50. The van der Waals surface area contributed by atoms with E-state index < -0.39 is 0 Å². The van der Waals surface area contributed by atoms with Gasteiger partial charge in [-0.2, -0.15) is 5.10 Å². The Morgan fingerprint density at radius 1 is 1.31 bits per heavy atom. The molecule has 0 aromatic carbocycles. The lowest BCUT2D eigenvalue weighted by Crippen LogP contribution is -2.41. The maximum Gasteiger partial charge on any atom is 0.0522 e. The first-order chi connectivity index (χ1) is 7.72. The number of hydrogen-bond acceptors (Lipinski definition) is 2. The summed E-state index contributed by atoms with van der Waals surface area (Å²) in [5.74, 6) is 0. The predicted molar refractivity (Wildman–Crippen MR) is 66.2 cm³/mol. The molecule has 1 fully saturated rings. The quantitative estimate of drug-likeness (QED) is 0.797. The third-order valence-electron chi connectivity index (χ3n) is 3.67. The Balaban J connectivity index is 2.00. The fourth-order valence-corrected chi connectivity index (χ4v) is 2.69. The number of rotatable bonds is 3. The minimum atomic E-state index is 0.0259. The summed E-state index contributed by atoms with van der Waals surface area (Å²) in [7, 11) is 0. The van der Waals surface area contributed by atoms with Crippen LogP contribution in [0.25, 0.3) is 0 Å². The number of nitrogens with zero attached hydrogens (tertiary/aromatic N) is 2. The van der Waals surface area contributed by atoms with Crippen molar-refractivity contribution >= 4 is 0 Å². The van der Waals surface area contributed by atoms with Crippen LogP contribution in [0.5, 0.6) is 0 Å². The topological polar surface area (TPSA) is 43.8 Å². The highest BCUT2D eigenvalue weighted by Gasteiger charge is 2.26. The molecule has 3 heteroatoms. The average Bonchev–Trinajstić information content (AvgIpc) is 2.60. The second kappa shape index (κ2) is 5.00. The minimum Gasteiger partial charge on any atom is -0.325 e. The van der Waals surface area contributed by atoms with E-state index in [0.29, 0.717) is 0 Å². The summed E-state index contributed by atoms with van der Waals surface area (Å²) in [6.07, 6.45) is 12.7. The molecule has 1 heterocycles. The zero-order chi connectivity index (χ0) is 11.4. The van der Waals surface area contributed by atoms with Crippen LogP contribution in [0.2, 0.25) is 0 Å². The molecule has 0 atom stereocenters. The molecule has 2 rings (SSSR count). The number of aryl methyl sites for hydroxylation is 1. The van der Waals surface area contributed by atoms with E-state index in [1.807, 2.05) is 10.9 Å². The van der Waals surface area contributed by atoms with Gasteiger partial charge < -0.3 is 5.73 Å². The molecule has 1 aliphatic carbocycles. The first kappa shape index (κ1) is 11.6. The normalized spacial score (nSPS) is 20.6. The van der Waals surface area contributed by atoms with Gasteiger partial charge in [0.05, 0.1) is 6.20 Å². The van der Waals surface area contributed by atoms with Crippen molar-refractivity contribution in [3.63, 3.8) is 0 Å². The molecular weight excluding hydrogens is 198 g/mol. The first-order valence-corrected chi connectivity index (χ1v) is 6.52. The van der Waals surface area contributed by atoms with Crippen LogP contribution in [-0.4, -0.2) is 15.3 Å². The van der Waals surface area contributed by atoms with Crippen LogP contribution in [0.1, 0.15) is 51.0 Å². The Kier molecular flexibility index (Phi) is 3.64. The Morgan fingerprint density at radius 2 is 2.00 bits per heavy atom. The number of aromatic nitrogens is 2. The molecule has 1 aromatic heterocycles. The van der Waals surface area contributed by atoms with Crippen LogP contribution in [-0.2, 0) is 13.0 Å². The van der Waals surface area contributed by atoms with Crippen molar-refractivity contribution in [2.45, 2.75) is 64.0 Å². The van der Waals surface area contributed by atoms with Gasteiger partial charge in [-0.05, 0) is 31.7 Å². The molecule has 0 bridgehead atoms. The molecule has 0 spiro atoms. The largest absolute Gasteiger partial charge is 0.325 e. The Hall–Kier alpha value is -0.830. The van der Waals surface area contributed by atoms with Gasteiger partial charge in [-0.3, -0.25) is 4.68 Å². The van der Waals surface area contributed by atoms with Gasteiger partial charge in [-0.1, -0.05) is 25.7 Å². The molecule has 0 unspecified atom stereocenters. The van der Waals surface area contributed by atoms with E-state index in [0.717, 1.165) is 13.0 Å². The highest BCUT2D eigenvalue weighted by Crippen LogP contribution is 2.27. The molecule has 2 N–H and O–H groups in total. The van der Waals surface area contributed by atoms with Crippen molar-refractivity contribution in [1.29, 1.82) is 0 Å². The highest BCUT2D eigenvalue weighted by atomic mass is 15.3. The van der Waals surface area contributed by atoms with Gasteiger partial charge in [0.1, 0.15) is 0 Å². The highest BCUT2D eigenvalue weighted by molar-refractivity contribution is 5.10. The lowest BCUT2D eigenvalue weighted by atomic mass is 9.86. The maximum atomic E-state index is 6.50. The Labute approximate surface area is 98.0 Å². The van der Waals surface area contributed by atoms with Crippen LogP contribution in [0.3, 0.4) is 0 Å². The Bertz CT molecular complexity index is 322. The van der Waals surface area contributed by atoms with E-state index >= 15 is 0 Å². The molecular formula is C13H23N3. The molecule has 16 heavy (non-hydrogen) atoms. The van der Waals surface area contributed by atoms with Crippen LogP contribution < -0.4 is 5.73 Å². The van der Waals surface area contributed by atoms with Crippen LogP contribution >= 0.6 is 0 Å². The van der Waals surface area contributed by atoms with Crippen molar-refractivity contribution in [3.05, 3.63) is 18.0 Å². The van der Waals surface area contributed by atoms with Crippen molar-refractivity contribution < 1.29 is 0 Å². The van der Waals surface area contributed by atoms with Crippen molar-refractivity contribution in [2.24, 2.45) is 5.73 Å². The molecule has 1 saturated carbocycles. The summed E-state index contributed by atoms with van der Waals surface area (Å²) >= 11 is 0. The number of hydrogen-bond donors (Lipinski definition) is 1. The van der Waals surface area contributed by atoms with Gasteiger partial charge in [0.2, 0.25) is 0 Å². The number of nitrogens with two attached hydrogens (primary N) is 1. The van der Waals surface area contributed by atoms with E-state index in [9.17, 15) is 0 Å². The fraction of sp³-hybridized carbons (Fsp3) is 0.769. The summed E-state index contributed by atoms with van der Waals surface area (Å²) in [5, 5.41) is 4.32. The lowest BCUT2D eigenvalue weighted by Gasteiger charge is -2.27. The van der Waals surface area contributed by atoms with E-state index in [1.165, 1.54) is 44.1 Å². The van der Waals surface area contributed by atoms with Crippen LogP contribution in [0.4, 0.5) is 0 Å². The monoisotopic (exact) mass is 221 g/mol. The summed E-state index contributed by atoms with van der Waals surface area (Å²) in [4.78, 5) is 0. The third kappa shape index (κ3) is 2.85. The zero-order valence-corrected chi connectivity index (χ0v) is 10.3. The predicted octanol–water partition coefficient (Wildman–Crippen LogP) is 2.50. The summed E-state index contributed by atoms with van der Waals surface area (Å²) in [5.41, 5.74) is 7.83. The standard InChI is InChI=1S/C13H23N3/c1-2-16-11-12(10-15-16)9-13(14)7-5-3-4-6-8-13/h10-11H,2-9,14H2,1H3. The average molecular weight is 221 g/mol. The molecule has 3 nitrogen and oxygen atoms in total. The van der Waals surface area contributed by atoms with Gasteiger partial charge in [0.15, 0.2) is 0 Å². The van der Waals surface area contributed by atoms with E-state index in [4.69, 9.17) is 5.73 Å². The second-order valence-electron chi connectivity index (χ2n) is 5.16. The van der Waals surface area contributed by atoms with Crippen molar-refractivity contribution in [3.8, 4) is 0 Å². The molecule has 0 aliphatic heterocycles. The third-order valence-corrected chi connectivity index (χ3v) is 3.67. The fourth-order valence-electron chi connectivity index (χ4n) is 2.69. The molecule has 0 saturated heterocycles. The lowest BCUT2D eigenvalue weighted by molar-refractivity contribution is 0.369. The van der Waals surface area contributed by atoms with Crippen LogP contribution in [0.15, 0.2) is 12.4 Å². The summed E-state index contributed by atoms with van der Waals surface area (Å²) < 4.78 is 1.98. The summed E-state index contributed by atoms with van der Waals surface area (Å²) in [6, 6.07) is 0. The molecule has 1 aromatic rings. The second-order valence-corrected chi connectivity index (χ2v) is 5.16. The first-order valence-electron chi connectivity index (χ1n) is 6.52. The van der Waals surface area contributed by atoms with Gasteiger partial charge >= 0.3 is 0 Å². The van der Waals surface area contributed by atoms with Crippen LogP contribution in [0, 0.1) is 0 Å². The molecule has 1 aliphatic rings. The SMILES string of the molecule is CCn1cc(CC2(N)CCCCCC2)cn1. The van der Waals surface area contributed by atoms with Gasteiger partial charge in [-0.15, -0.1) is 0 Å². The Morgan fingerprint density at radius 3 is 2.56 bits per heavy atom. The smallest absolute Gasteiger partial charge is 0.0522 e. The van der Waals surface area contributed by atoms with E-state index in [-0.39, 0.29) is 5.54 Å². The molecule has 0 amide bonds. The molecule has 90 valence electrons. The van der Waals surface area contributed by atoms with E-state index in [2.05, 4.69) is 18.2 Å². The van der Waals surface area contributed by atoms with Crippen molar-refractivity contribution in [2.75, 3.05) is 0 Å². The van der Waals surface area contributed by atoms with E-state index in [1.54, 1.807) is 0 Å².